The van der Waals surface area contributed by atoms with E-state index in [1.165, 1.54) is 0 Å². The molecule has 0 aromatic carbocycles. The van der Waals surface area contributed by atoms with Crippen LogP contribution in [0.4, 0.5) is 0 Å². The number of primary amides is 2. The number of nitrogens with two attached hydrogens (primary N) is 2. The van der Waals surface area contributed by atoms with Crippen LogP contribution in [0.2, 0.25) is 0 Å². The van der Waals surface area contributed by atoms with Crippen molar-refractivity contribution in [3.8, 4) is 0 Å². The number of rotatable bonds is 3. The maximum atomic E-state index is 11.7. The molecule has 0 saturated carbocycles. The Hall–Kier alpha value is -2.20. The van der Waals surface area contributed by atoms with E-state index in [0.29, 0.717) is 4.90 Å². The number of ether oxygens (including phenoxy) is 1. The predicted octanol–water partition coefficient (Wildman–Crippen LogP) is -3.30. The molecule has 10 heteroatoms. The number of carbonyl (C=O) groups excluding carboxylic acids is 4. The van der Waals surface area contributed by atoms with Crippen molar-refractivity contribution in [2.24, 2.45) is 11.5 Å². The van der Waals surface area contributed by atoms with Crippen LogP contribution in [0, 0.1) is 0 Å². The molecular weight excluding hydrogens is 284 g/mol. The lowest BCUT2D eigenvalue weighted by Gasteiger charge is -2.52. The number of methoxy groups -OCH3 is 1. The first kappa shape index (κ1) is 16.9. The lowest BCUT2D eigenvalue weighted by molar-refractivity contribution is -0.237. The summed E-state index contributed by atoms with van der Waals surface area (Å²) in [5, 5.41) is 10.3. The van der Waals surface area contributed by atoms with Gasteiger partial charge in [0.2, 0.25) is 23.3 Å². The largest absolute Gasteiger partial charge is 0.365 e. The van der Waals surface area contributed by atoms with E-state index in [1.807, 2.05) is 0 Å². The SMILES string of the molecule is COC1(C(N)=O)CN(C(C)=O)C(O)(C(N)=O)CN1C(C)=O. The first-order valence-corrected chi connectivity index (χ1v) is 5.96. The summed E-state index contributed by atoms with van der Waals surface area (Å²) in [4.78, 5) is 48.1. The lowest BCUT2D eigenvalue weighted by Crippen LogP contribution is -2.79. The average molecular weight is 302 g/mol. The van der Waals surface area contributed by atoms with Gasteiger partial charge in [-0.1, -0.05) is 0 Å². The Balaban J connectivity index is 3.46. The van der Waals surface area contributed by atoms with Crippen LogP contribution in [0.25, 0.3) is 0 Å². The number of hydrogen-bond donors (Lipinski definition) is 3. The number of nitrogens with zero attached hydrogens (tertiary/aromatic N) is 2. The van der Waals surface area contributed by atoms with Gasteiger partial charge >= 0.3 is 0 Å². The molecule has 1 aliphatic rings. The molecule has 1 heterocycles. The first-order valence-electron chi connectivity index (χ1n) is 5.96. The fraction of sp³-hybridized carbons (Fsp3) is 0.636. The second-order valence-corrected chi connectivity index (χ2v) is 4.74. The second-order valence-electron chi connectivity index (χ2n) is 4.74. The van der Waals surface area contributed by atoms with Crippen LogP contribution in [0.3, 0.4) is 0 Å². The zero-order chi connectivity index (χ0) is 16.6. The fourth-order valence-corrected chi connectivity index (χ4v) is 2.30. The monoisotopic (exact) mass is 302 g/mol. The molecule has 1 fully saturated rings. The molecule has 2 atom stereocenters. The van der Waals surface area contributed by atoms with Crippen molar-refractivity contribution in [3.05, 3.63) is 0 Å². The highest BCUT2D eigenvalue weighted by Gasteiger charge is 2.59. The Morgan fingerprint density at radius 2 is 1.48 bits per heavy atom. The Bertz CT molecular complexity index is 509. The van der Waals surface area contributed by atoms with Crippen molar-refractivity contribution in [1.82, 2.24) is 9.80 Å². The van der Waals surface area contributed by atoms with E-state index in [0.717, 1.165) is 25.9 Å². The molecular formula is C11H18N4O6. The molecule has 2 unspecified atom stereocenters. The Kier molecular flexibility index (Phi) is 4.25. The molecule has 0 spiro atoms. The molecule has 10 nitrogen and oxygen atoms in total. The van der Waals surface area contributed by atoms with Crippen LogP contribution in [0.1, 0.15) is 13.8 Å². The van der Waals surface area contributed by atoms with Gasteiger partial charge in [0.1, 0.15) is 0 Å². The van der Waals surface area contributed by atoms with Gasteiger partial charge in [-0.25, -0.2) is 0 Å². The third-order valence-corrected chi connectivity index (χ3v) is 3.51. The Morgan fingerprint density at radius 3 is 1.76 bits per heavy atom. The van der Waals surface area contributed by atoms with Gasteiger partial charge in [-0.05, 0) is 0 Å². The summed E-state index contributed by atoms with van der Waals surface area (Å²) in [5.74, 6) is -3.70. The topological polar surface area (TPSA) is 156 Å². The highest BCUT2D eigenvalue weighted by molar-refractivity contribution is 5.94. The zero-order valence-electron chi connectivity index (χ0n) is 12.0. The van der Waals surface area contributed by atoms with Crippen LogP contribution >= 0.6 is 0 Å². The third kappa shape index (κ3) is 2.43. The molecule has 0 aliphatic carbocycles. The molecule has 5 N–H and O–H groups in total. The fourth-order valence-electron chi connectivity index (χ4n) is 2.30. The summed E-state index contributed by atoms with van der Waals surface area (Å²) in [5.41, 5.74) is 5.96. The quantitative estimate of drug-likeness (QED) is 0.495. The number of β-amino-alcohol motifs (C(OH)–C–C–N with tert-alkyl or cyclic N) is 1. The Morgan fingerprint density at radius 1 is 1.00 bits per heavy atom. The van der Waals surface area contributed by atoms with Crippen LogP contribution < -0.4 is 11.5 Å². The average Bonchev–Trinajstić information content (AvgIpc) is 2.37. The van der Waals surface area contributed by atoms with E-state index >= 15 is 0 Å². The molecule has 1 aliphatic heterocycles. The number of amides is 4. The smallest absolute Gasteiger partial charge is 0.273 e. The van der Waals surface area contributed by atoms with Crippen molar-refractivity contribution in [1.29, 1.82) is 0 Å². The molecule has 1 saturated heterocycles. The molecule has 1 rings (SSSR count). The number of piperazine rings is 1. The Labute approximate surface area is 120 Å². The van der Waals surface area contributed by atoms with E-state index in [9.17, 15) is 24.3 Å². The van der Waals surface area contributed by atoms with Crippen LogP contribution in [-0.4, -0.2) is 70.2 Å². The van der Waals surface area contributed by atoms with Gasteiger partial charge in [-0.15, -0.1) is 0 Å². The summed E-state index contributed by atoms with van der Waals surface area (Å²) in [7, 11) is 1.12. The molecule has 0 radical (unpaired) electrons. The van der Waals surface area contributed by atoms with Gasteiger partial charge in [0, 0.05) is 21.0 Å². The van der Waals surface area contributed by atoms with E-state index in [4.69, 9.17) is 16.2 Å². The minimum absolute atomic E-state index is 0.618. The van der Waals surface area contributed by atoms with Gasteiger partial charge in [0.15, 0.2) is 0 Å². The predicted molar refractivity (Wildman–Crippen MR) is 67.9 cm³/mol. The van der Waals surface area contributed by atoms with Crippen LogP contribution in [0.5, 0.6) is 0 Å². The summed E-state index contributed by atoms with van der Waals surface area (Å²) in [6.07, 6.45) is 0. The highest BCUT2D eigenvalue weighted by Crippen LogP contribution is 2.31. The molecule has 0 aromatic rings. The van der Waals surface area contributed by atoms with Crippen molar-refractivity contribution >= 4 is 23.6 Å². The number of hydrogen-bond acceptors (Lipinski definition) is 6. The molecule has 4 amide bonds. The van der Waals surface area contributed by atoms with Gasteiger partial charge in [0.25, 0.3) is 11.8 Å². The normalized spacial score (nSPS) is 29.1. The van der Waals surface area contributed by atoms with Gasteiger partial charge < -0.3 is 21.3 Å². The third-order valence-electron chi connectivity index (χ3n) is 3.51. The minimum Gasteiger partial charge on any atom is -0.365 e. The highest BCUT2D eigenvalue weighted by atomic mass is 16.5. The summed E-state index contributed by atoms with van der Waals surface area (Å²) in [6.45, 7) is 0.821. The summed E-state index contributed by atoms with van der Waals surface area (Å²) in [6, 6.07) is 0. The van der Waals surface area contributed by atoms with Gasteiger partial charge in [-0.3, -0.25) is 29.0 Å². The van der Waals surface area contributed by atoms with Gasteiger partial charge in [-0.2, -0.15) is 0 Å². The van der Waals surface area contributed by atoms with Gasteiger partial charge in [0.05, 0.1) is 13.1 Å². The molecule has 118 valence electrons. The minimum atomic E-state index is -2.45. The maximum absolute atomic E-state index is 11.7. The van der Waals surface area contributed by atoms with Crippen molar-refractivity contribution in [2.75, 3.05) is 20.2 Å². The second kappa shape index (κ2) is 5.30. The molecule has 21 heavy (non-hydrogen) atoms. The van der Waals surface area contributed by atoms with E-state index in [1.54, 1.807) is 0 Å². The van der Waals surface area contributed by atoms with Crippen LogP contribution in [-0.2, 0) is 23.9 Å². The maximum Gasteiger partial charge on any atom is 0.273 e. The summed E-state index contributed by atoms with van der Waals surface area (Å²) < 4.78 is 5.04. The summed E-state index contributed by atoms with van der Waals surface area (Å²) >= 11 is 0. The van der Waals surface area contributed by atoms with E-state index < -0.39 is 48.2 Å². The number of carbonyl (C=O) groups is 4. The van der Waals surface area contributed by atoms with Crippen molar-refractivity contribution in [3.63, 3.8) is 0 Å². The van der Waals surface area contributed by atoms with Crippen molar-refractivity contribution in [2.45, 2.75) is 25.3 Å². The molecule has 0 bridgehead atoms. The standard InChI is InChI=1S/C11H18N4O6/c1-6(16)14-5-11(21-3,9(13)19)15(7(2)17)4-10(14,20)8(12)18/h20H,4-5H2,1-3H3,(H2,12,18)(H2,13,19). The first-order chi connectivity index (χ1) is 9.52. The molecule has 0 aromatic heterocycles. The van der Waals surface area contributed by atoms with Crippen LogP contribution in [0.15, 0.2) is 0 Å². The zero-order valence-corrected chi connectivity index (χ0v) is 12.0. The van der Waals surface area contributed by atoms with E-state index in [-0.39, 0.29) is 0 Å². The lowest BCUT2D eigenvalue weighted by atomic mass is 9.98. The number of aliphatic hydroxyl groups is 1. The van der Waals surface area contributed by atoms with Crippen molar-refractivity contribution < 1.29 is 29.0 Å². The van der Waals surface area contributed by atoms with E-state index in [2.05, 4.69) is 0 Å².